The Hall–Kier alpha value is -1.57. The van der Waals surface area contributed by atoms with Crippen LogP contribution in [0.2, 0.25) is 0 Å². The molecule has 0 aromatic heterocycles. The van der Waals surface area contributed by atoms with Gasteiger partial charge in [-0.2, -0.15) is 0 Å². The van der Waals surface area contributed by atoms with E-state index in [0.29, 0.717) is 5.92 Å². The van der Waals surface area contributed by atoms with E-state index in [1.54, 1.807) is 18.1 Å². The molecule has 1 fully saturated rings. The number of amides is 1. The first-order chi connectivity index (χ1) is 7.24. The first-order valence-electron chi connectivity index (χ1n) is 5.18. The van der Waals surface area contributed by atoms with E-state index in [4.69, 9.17) is 0 Å². The van der Waals surface area contributed by atoms with Crippen LogP contribution in [0.4, 0.5) is 0 Å². The summed E-state index contributed by atoms with van der Waals surface area (Å²) in [6.07, 6.45) is 2.55. The average molecular weight is 201 g/mol. The lowest BCUT2D eigenvalue weighted by atomic mass is 10.1. The molecule has 2 heteroatoms. The molecule has 0 bridgehead atoms. The molecule has 1 aliphatic rings. The fourth-order valence-electron chi connectivity index (χ4n) is 1.89. The molecule has 0 N–H and O–H groups in total. The van der Waals surface area contributed by atoms with Gasteiger partial charge in [-0.3, -0.25) is 4.79 Å². The molecular weight excluding hydrogens is 186 g/mol. The van der Waals surface area contributed by atoms with Crippen LogP contribution in [0.5, 0.6) is 0 Å². The van der Waals surface area contributed by atoms with Crippen molar-refractivity contribution >= 4 is 5.91 Å². The number of hydrogen-bond acceptors (Lipinski definition) is 1. The Labute approximate surface area is 90.2 Å². The van der Waals surface area contributed by atoms with E-state index in [-0.39, 0.29) is 11.8 Å². The third-order valence-electron chi connectivity index (χ3n) is 2.96. The molecule has 0 spiro atoms. The van der Waals surface area contributed by atoms with Gasteiger partial charge in [0.05, 0.1) is 0 Å². The third-order valence-corrected chi connectivity index (χ3v) is 2.96. The topological polar surface area (TPSA) is 20.3 Å². The Morgan fingerprint density at radius 2 is 2.13 bits per heavy atom. The van der Waals surface area contributed by atoms with E-state index < -0.39 is 0 Å². The van der Waals surface area contributed by atoms with Crippen LogP contribution in [0.25, 0.3) is 0 Å². The maximum atomic E-state index is 11.8. The van der Waals surface area contributed by atoms with Crippen LogP contribution in [-0.4, -0.2) is 17.9 Å². The number of carbonyl (C=O) groups excluding carboxylic acids is 1. The standard InChI is InChI=1S/C13H15NO/c1-3-14(2)13(15)12-9-11(12)10-7-5-4-6-8-10/h3-8,11-12H,1,9H2,2H3. The Morgan fingerprint density at radius 3 is 2.73 bits per heavy atom. The van der Waals surface area contributed by atoms with Crippen LogP contribution in [0, 0.1) is 5.92 Å². The smallest absolute Gasteiger partial charge is 0.229 e. The summed E-state index contributed by atoms with van der Waals surface area (Å²) < 4.78 is 0. The molecule has 2 rings (SSSR count). The van der Waals surface area contributed by atoms with E-state index in [2.05, 4.69) is 18.7 Å². The molecule has 2 atom stereocenters. The predicted molar refractivity (Wildman–Crippen MR) is 60.3 cm³/mol. The van der Waals surface area contributed by atoms with Gasteiger partial charge in [0.2, 0.25) is 5.91 Å². The van der Waals surface area contributed by atoms with Crippen LogP contribution in [0.15, 0.2) is 43.1 Å². The number of rotatable bonds is 3. The van der Waals surface area contributed by atoms with Gasteiger partial charge < -0.3 is 4.90 Å². The molecule has 1 amide bonds. The zero-order valence-electron chi connectivity index (χ0n) is 8.89. The summed E-state index contributed by atoms with van der Waals surface area (Å²) in [6, 6.07) is 10.2. The molecule has 1 aliphatic carbocycles. The number of carbonyl (C=O) groups is 1. The van der Waals surface area contributed by atoms with Gasteiger partial charge in [0.1, 0.15) is 0 Å². The molecule has 0 aliphatic heterocycles. The lowest BCUT2D eigenvalue weighted by Crippen LogP contribution is -2.22. The van der Waals surface area contributed by atoms with Crippen molar-refractivity contribution in [2.75, 3.05) is 7.05 Å². The van der Waals surface area contributed by atoms with Gasteiger partial charge in [-0.25, -0.2) is 0 Å². The molecule has 0 heterocycles. The number of nitrogens with zero attached hydrogens (tertiary/aromatic N) is 1. The number of hydrogen-bond donors (Lipinski definition) is 0. The van der Waals surface area contributed by atoms with Crippen molar-refractivity contribution in [1.82, 2.24) is 4.90 Å². The zero-order valence-corrected chi connectivity index (χ0v) is 8.89. The fraction of sp³-hybridized carbons (Fsp3) is 0.308. The highest BCUT2D eigenvalue weighted by Crippen LogP contribution is 2.48. The molecule has 78 valence electrons. The molecule has 1 aromatic rings. The molecule has 1 saturated carbocycles. The van der Waals surface area contributed by atoms with E-state index in [1.165, 1.54) is 5.56 Å². The molecule has 15 heavy (non-hydrogen) atoms. The van der Waals surface area contributed by atoms with Crippen molar-refractivity contribution in [3.63, 3.8) is 0 Å². The number of benzene rings is 1. The van der Waals surface area contributed by atoms with Gasteiger partial charge in [0.25, 0.3) is 0 Å². The Balaban J connectivity index is 2.02. The monoisotopic (exact) mass is 201 g/mol. The molecule has 0 saturated heterocycles. The summed E-state index contributed by atoms with van der Waals surface area (Å²) in [5.41, 5.74) is 1.27. The van der Waals surface area contributed by atoms with Crippen molar-refractivity contribution < 1.29 is 4.79 Å². The Kier molecular flexibility index (Phi) is 2.58. The maximum absolute atomic E-state index is 11.8. The highest BCUT2D eigenvalue weighted by Gasteiger charge is 2.44. The molecule has 2 nitrogen and oxygen atoms in total. The summed E-state index contributed by atoms with van der Waals surface area (Å²) in [5, 5.41) is 0. The van der Waals surface area contributed by atoms with E-state index in [1.807, 2.05) is 18.2 Å². The normalized spacial score (nSPS) is 23.3. The minimum atomic E-state index is 0.162. The predicted octanol–water partition coefficient (Wildman–Crippen LogP) is 2.39. The van der Waals surface area contributed by atoms with Crippen molar-refractivity contribution in [2.24, 2.45) is 5.92 Å². The van der Waals surface area contributed by atoms with Gasteiger partial charge >= 0.3 is 0 Å². The second-order valence-electron chi connectivity index (χ2n) is 3.99. The van der Waals surface area contributed by atoms with Gasteiger partial charge in [-0.15, -0.1) is 0 Å². The Morgan fingerprint density at radius 1 is 1.47 bits per heavy atom. The van der Waals surface area contributed by atoms with Crippen LogP contribution in [0.1, 0.15) is 17.9 Å². The SMILES string of the molecule is C=CN(C)C(=O)C1CC1c1ccccc1. The quantitative estimate of drug-likeness (QED) is 0.735. The first-order valence-corrected chi connectivity index (χ1v) is 5.18. The van der Waals surface area contributed by atoms with Crippen LogP contribution < -0.4 is 0 Å². The molecule has 0 radical (unpaired) electrons. The second-order valence-corrected chi connectivity index (χ2v) is 3.99. The fourth-order valence-corrected chi connectivity index (χ4v) is 1.89. The highest BCUT2D eigenvalue weighted by molar-refractivity contribution is 5.83. The maximum Gasteiger partial charge on any atom is 0.229 e. The van der Waals surface area contributed by atoms with E-state index >= 15 is 0 Å². The van der Waals surface area contributed by atoms with Crippen LogP contribution >= 0.6 is 0 Å². The average Bonchev–Trinajstić information content (AvgIpc) is 3.08. The van der Waals surface area contributed by atoms with Crippen LogP contribution in [0.3, 0.4) is 0 Å². The zero-order chi connectivity index (χ0) is 10.8. The van der Waals surface area contributed by atoms with Gasteiger partial charge in [-0.1, -0.05) is 36.9 Å². The summed E-state index contributed by atoms with van der Waals surface area (Å²) in [6.45, 7) is 3.59. The second kappa shape index (κ2) is 3.89. The van der Waals surface area contributed by atoms with Crippen molar-refractivity contribution in [3.8, 4) is 0 Å². The van der Waals surface area contributed by atoms with Gasteiger partial charge in [0, 0.05) is 13.0 Å². The summed E-state index contributed by atoms with van der Waals surface area (Å²) >= 11 is 0. The largest absolute Gasteiger partial charge is 0.322 e. The van der Waals surface area contributed by atoms with Crippen LogP contribution in [-0.2, 0) is 4.79 Å². The summed E-state index contributed by atoms with van der Waals surface area (Å²) in [5.74, 6) is 0.760. The van der Waals surface area contributed by atoms with E-state index in [9.17, 15) is 4.79 Å². The lowest BCUT2D eigenvalue weighted by Gasteiger charge is -2.10. The van der Waals surface area contributed by atoms with Crippen molar-refractivity contribution in [3.05, 3.63) is 48.7 Å². The Bertz CT molecular complexity index is 371. The molecule has 2 unspecified atom stereocenters. The lowest BCUT2D eigenvalue weighted by molar-refractivity contribution is -0.128. The van der Waals surface area contributed by atoms with Gasteiger partial charge in [-0.05, 0) is 24.1 Å². The van der Waals surface area contributed by atoms with Crippen molar-refractivity contribution in [1.29, 1.82) is 0 Å². The van der Waals surface area contributed by atoms with E-state index in [0.717, 1.165) is 6.42 Å². The summed E-state index contributed by atoms with van der Waals surface area (Å²) in [7, 11) is 1.76. The summed E-state index contributed by atoms with van der Waals surface area (Å²) in [4.78, 5) is 13.4. The third kappa shape index (κ3) is 1.94. The minimum Gasteiger partial charge on any atom is -0.322 e. The molecule has 1 aromatic carbocycles. The van der Waals surface area contributed by atoms with Crippen molar-refractivity contribution in [2.45, 2.75) is 12.3 Å². The molecular formula is C13H15NO. The highest BCUT2D eigenvalue weighted by atomic mass is 16.2. The first kappa shape index (κ1) is 9.97. The van der Waals surface area contributed by atoms with Gasteiger partial charge in [0.15, 0.2) is 0 Å². The minimum absolute atomic E-state index is 0.162.